The van der Waals surface area contributed by atoms with Crippen molar-refractivity contribution in [1.82, 2.24) is 14.9 Å². The Labute approximate surface area is 162 Å². The molecule has 132 valence electrons. The number of carbonyl (C=O) groups is 1. The van der Waals surface area contributed by atoms with Gasteiger partial charge in [0.2, 0.25) is 5.91 Å². The van der Waals surface area contributed by atoms with Gasteiger partial charge in [-0.2, -0.15) is 0 Å². The fourth-order valence-corrected chi connectivity index (χ4v) is 3.05. The minimum atomic E-state index is -0.210. The van der Waals surface area contributed by atoms with Crippen molar-refractivity contribution < 1.29 is 4.79 Å². The molecule has 26 heavy (non-hydrogen) atoms. The van der Waals surface area contributed by atoms with E-state index >= 15 is 0 Å². The van der Waals surface area contributed by atoms with Crippen molar-refractivity contribution in [2.45, 2.75) is 13.1 Å². The van der Waals surface area contributed by atoms with Gasteiger partial charge in [0.05, 0.1) is 6.33 Å². The zero-order valence-electron chi connectivity index (χ0n) is 13.9. The van der Waals surface area contributed by atoms with E-state index in [-0.39, 0.29) is 5.91 Å². The SMILES string of the molecule is O=C(C=Cc1c(Cl)cccc1Cl)NCc1ccccc1Cn1ccnc1. The van der Waals surface area contributed by atoms with E-state index in [9.17, 15) is 4.79 Å². The summed E-state index contributed by atoms with van der Waals surface area (Å²) in [6.45, 7) is 1.14. The van der Waals surface area contributed by atoms with E-state index < -0.39 is 0 Å². The van der Waals surface area contributed by atoms with Gasteiger partial charge in [0.1, 0.15) is 0 Å². The molecule has 0 atom stereocenters. The number of nitrogens with zero attached hydrogens (tertiary/aromatic N) is 2. The van der Waals surface area contributed by atoms with Crippen molar-refractivity contribution in [3.63, 3.8) is 0 Å². The number of imidazole rings is 1. The van der Waals surface area contributed by atoms with E-state index in [1.165, 1.54) is 6.08 Å². The first-order chi connectivity index (χ1) is 12.6. The van der Waals surface area contributed by atoms with Crippen molar-refractivity contribution in [1.29, 1.82) is 0 Å². The maximum Gasteiger partial charge on any atom is 0.244 e. The molecule has 1 amide bonds. The second-order valence-corrected chi connectivity index (χ2v) is 6.50. The van der Waals surface area contributed by atoms with Crippen LogP contribution in [0.2, 0.25) is 10.0 Å². The lowest BCUT2D eigenvalue weighted by Crippen LogP contribution is -2.21. The highest BCUT2D eigenvalue weighted by molar-refractivity contribution is 6.37. The Morgan fingerprint density at radius 2 is 1.81 bits per heavy atom. The van der Waals surface area contributed by atoms with Gasteiger partial charge < -0.3 is 9.88 Å². The summed E-state index contributed by atoms with van der Waals surface area (Å²) < 4.78 is 1.99. The van der Waals surface area contributed by atoms with Crippen molar-refractivity contribution in [3.05, 3.63) is 94.0 Å². The second-order valence-electron chi connectivity index (χ2n) is 5.69. The first-order valence-corrected chi connectivity index (χ1v) is 8.81. The molecule has 0 aliphatic rings. The van der Waals surface area contributed by atoms with Gasteiger partial charge >= 0.3 is 0 Å². The summed E-state index contributed by atoms with van der Waals surface area (Å²) in [4.78, 5) is 16.2. The molecule has 0 fully saturated rings. The molecule has 2 aromatic carbocycles. The van der Waals surface area contributed by atoms with Crippen LogP contribution in [0, 0.1) is 0 Å². The van der Waals surface area contributed by atoms with Gasteiger partial charge in [0.15, 0.2) is 0 Å². The fourth-order valence-electron chi connectivity index (χ4n) is 2.53. The van der Waals surface area contributed by atoms with E-state index in [1.807, 2.05) is 35.0 Å². The Balaban J connectivity index is 1.64. The summed E-state index contributed by atoms with van der Waals surface area (Å²) in [5.74, 6) is -0.210. The van der Waals surface area contributed by atoms with Gasteiger partial charge in [-0.3, -0.25) is 4.79 Å². The van der Waals surface area contributed by atoms with Crippen molar-refractivity contribution in [3.8, 4) is 0 Å². The topological polar surface area (TPSA) is 46.9 Å². The molecule has 0 radical (unpaired) electrons. The third-order valence-electron chi connectivity index (χ3n) is 3.88. The van der Waals surface area contributed by atoms with E-state index in [0.717, 1.165) is 11.1 Å². The number of benzene rings is 2. The number of halogens is 2. The van der Waals surface area contributed by atoms with Crippen molar-refractivity contribution in [2.75, 3.05) is 0 Å². The maximum atomic E-state index is 12.1. The molecule has 0 aliphatic carbocycles. The largest absolute Gasteiger partial charge is 0.348 e. The van der Waals surface area contributed by atoms with E-state index in [4.69, 9.17) is 23.2 Å². The molecule has 6 heteroatoms. The van der Waals surface area contributed by atoms with Crippen LogP contribution in [-0.4, -0.2) is 15.5 Å². The van der Waals surface area contributed by atoms with Crippen LogP contribution in [0.3, 0.4) is 0 Å². The van der Waals surface area contributed by atoms with Gasteiger partial charge in [0.25, 0.3) is 0 Å². The van der Waals surface area contributed by atoms with Crippen LogP contribution in [0.5, 0.6) is 0 Å². The number of hydrogen-bond acceptors (Lipinski definition) is 2. The van der Waals surface area contributed by atoms with Crippen LogP contribution in [0.15, 0.2) is 67.3 Å². The molecular formula is C20H17Cl2N3O. The van der Waals surface area contributed by atoms with Crippen molar-refractivity contribution in [2.24, 2.45) is 0 Å². The average Bonchev–Trinajstić information content (AvgIpc) is 3.13. The molecule has 0 unspecified atom stereocenters. The minimum Gasteiger partial charge on any atom is -0.348 e. The second kappa shape index (κ2) is 8.70. The highest BCUT2D eigenvalue weighted by Crippen LogP contribution is 2.25. The molecule has 1 N–H and O–H groups in total. The number of aromatic nitrogens is 2. The summed E-state index contributed by atoms with van der Waals surface area (Å²) in [5, 5.41) is 3.90. The molecule has 3 rings (SSSR count). The molecule has 0 saturated heterocycles. The van der Waals surface area contributed by atoms with Crippen molar-refractivity contribution >= 4 is 35.2 Å². The van der Waals surface area contributed by atoms with Gasteiger partial charge in [-0.1, -0.05) is 53.5 Å². The Morgan fingerprint density at radius 3 is 2.50 bits per heavy atom. The standard InChI is InChI=1S/C20H17Cl2N3O/c21-18-6-3-7-19(22)17(18)8-9-20(26)24-12-15-4-1-2-5-16(15)13-25-11-10-23-14-25/h1-11,14H,12-13H2,(H,24,26). The van der Waals surface area contributed by atoms with Crippen LogP contribution in [0.1, 0.15) is 16.7 Å². The first-order valence-electron chi connectivity index (χ1n) is 8.06. The van der Waals surface area contributed by atoms with Crippen LogP contribution in [0.25, 0.3) is 6.08 Å². The van der Waals surface area contributed by atoms with Crippen LogP contribution in [-0.2, 0) is 17.9 Å². The van der Waals surface area contributed by atoms with Gasteiger partial charge in [-0.15, -0.1) is 0 Å². The Hall–Kier alpha value is -2.56. The van der Waals surface area contributed by atoms with Crippen LogP contribution < -0.4 is 5.32 Å². The smallest absolute Gasteiger partial charge is 0.244 e. The Bertz CT molecular complexity index is 900. The zero-order chi connectivity index (χ0) is 18.4. The normalized spacial score (nSPS) is 11.0. The number of hydrogen-bond donors (Lipinski definition) is 1. The summed E-state index contributed by atoms with van der Waals surface area (Å²) in [6, 6.07) is 13.2. The summed E-state index contributed by atoms with van der Waals surface area (Å²) in [6.07, 6.45) is 8.48. The minimum absolute atomic E-state index is 0.210. The van der Waals surface area contributed by atoms with Gasteiger partial charge in [-0.25, -0.2) is 4.98 Å². The lowest BCUT2D eigenvalue weighted by atomic mass is 10.1. The quantitative estimate of drug-likeness (QED) is 0.631. The molecule has 4 nitrogen and oxygen atoms in total. The third-order valence-corrected chi connectivity index (χ3v) is 4.54. The maximum absolute atomic E-state index is 12.1. The summed E-state index contributed by atoms with van der Waals surface area (Å²) in [7, 11) is 0. The number of carbonyl (C=O) groups excluding carboxylic acids is 1. The first kappa shape index (κ1) is 18.2. The van der Waals surface area contributed by atoms with Crippen LogP contribution >= 0.6 is 23.2 Å². The summed E-state index contributed by atoms with van der Waals surface area (Å²) in [5.41, 5.74) is 2.81. The highest BCUT2D eigenvalue weighted by Gasteiger charge is 2.05. The highest BCUT2D eigenvalue weighted by atomic mass is 35.5. The molecular weight excluding hydrogens is 369 g/mol. The Morgan fingerprint density at radius 1 is 1.08 bits per heavy atom. The molecule has 1 heterocycles. The number of rotatable bonds is 6. The van der Waals surface area contributed by atoms with Crippen LogP contribution in [0.4, 0.5) is 0 Å². The number of nitrogens with one attached hydrogen (secondary N) is 1. The lowest BCUT2D eigenvalue weighted by Gasteiger charge is -2.10. The zero-order valence-corrected chi connectivity index (χ0v) is 15.4. The average molecular weight is 386 g/mol. The van der Waals surface area contributed by atoms with E-state index in [1.54, 1.807) is 36.8 Å². The number of amides is 1. The van der Waals surface area contributed by atoms with Gasteiger partial charge in [0, 0.05) is 47.2 Å². The predicted molar refractivity (Wildman–Crippen MR) is 105 cm³/mol. The fraction of sp³-hybridized carbons (Fsp3) is 0.100. The molecule has 0 saturated carbocycles. The van der Waals surface area contributed by atoms with E-state index in [2.05, 4.69) is 10.3 Å². The summed E-state index contributed by atoms with van der Waals surface area (Å²) >= 11 is 12.2. The molecule has 1 aromatic heterocycles. The predicted octanol–water partition coefficient (Wildman–Crippen LogP) is 4.57. The third kappa shape index (κ3) is 4.75. The molecule has 0 spiro atoms. The molecule has 3 aromatic rings. The molecule has 0 bridgehead atoms. The van der Waals surface area contributed by atoms with E-state index in [0.29, 0.717) is 28.7 Å². The monoisotopic (exact) mass is 385 g/mol. The molecule has 0 aliphatic heterocycles. The van der Waals surface area contributed by atoms with Gasteiger partial charge in [-0.05, 0) is 29.3 Å². The lowest BCUT2D eigenvalue weighted by molar-refractivity contribution is -0.116. The Kier molecular flexibility index (Phi) is 6.10.